The maximum Gasteiger partial charge on any atom is 0.335 e. The molecule has 0 saturated carbocycles. The Balaban J connectivity index is 1.78. The van der Waals surface area contributed by atoms with Gasteiger partial charge in [-0.15, -0.1) is 0 Å². The van der Waals surface area contributed by atoms with Crippen molar-refractivity contribution >= 4 is 5.97 Å². The molecule has 2 aromatic rings. The average molecular weight is 257 g/mol. The van der Waals surface area contributed by atoms with Crippen LogP contribution >= 0.6 is 0 Å². The monoisotopic (exact) mass is 257 g/mol. The van der Waals surface area contributed by atoms with Crippen LogP contribution in [0.25, 0.3) is 0 Å². The first-order valence-corrected chi connectivity index (χ1v) is 6.32. The average Bonchev–Trinajstić information content (AvgIpc) is 2.90. The maximum absolute atomic E-state index is 11.0. The number of nitrogens with zero attached hydrogens (tertiary/aromatic N) is 1. The van der Waals surface area contributed by atoms with Crippen LogP contribution in [0.5, 0.6) is 0 Å². The molecule has 19 heavy (non-hydrogen) atoms. The Morgan fingerprint density at radius 2 is 2.21 bits per heavy atom. The summed E-state index contributed by atoms with van der Waals surface area (Å²) in [4.78, 5) is 13.3. The molecule has 0 radical (unpaired) electrons. The van der Waals surface area contributed by atoms with Crippen LogP contribution < -0.4 is 0 Å². The lowest BCUT2D eigenvalue weighted by molar-refractivity contribution is 0.0696. The van der Waals surface area contributed by atoms with E-state index in [-0.39, 0.29) is 0 Å². The second-order valence-electron chi connectivity index (χ2n) is 4.83. The summed E-state index contributed by atoms with van der Waals surface area (Å²) in [5, 5.41) is 9.03. The number of furan rings is 1. The van der Waals surface area contributed by atoms with Crippen molar-refractivity contribution in [1.82, 2.24) is 4.90 Å². The number of carboxylic acid groups (broad SMARTS) is 1. The largest absolute Gasteiger partial charge is 0.478 e. The summed E-state index contributed by atoms with van der Waals surface area (Å²) in [6, 6.07) is 9.25. The van der Waals surface area contributed by atoms with E-state index in [0.29, 0.717) is 5.56 Å². The first-order valence-electron chi connectivity index (χ1n) is 6.32. The fraction of sp³-hybridized carbons (Fsp3) is 0.267. The van der Waals surface area contributed by atoms with Gasteiger partial charge in [-0.1, -0.05) is 6.07 Å². The van der Waals surface area contributed by atoms with Gasteiger partial charge in [0.25, 0.3) is 0 Å². The van der Waals surface area contributed by atoms with Crippen molar-refractivity contribution < 1.29 is 14.3 Å². The van der Waals surface area contributed by atoms with Crippen molar-refractivity contribution in [1.29, 1.82) is 0 Å². The van der Waals surface area contributed by atoms with Gasteiger partial charge in [-0.25, -0.2) is 4.79 Å². The van der Waals surface area contributed by atoms with Crippen LogP contribution in [-0.2, 0) is 19.5 Å². The number of carbonyl (C=O) groups is 1. The van der Waals surface area contributed by atoms with E-state index in [9.17, 15) is 4.79 Å². The second-order valence-corrected chi connectivity index (χ2v) is 4.83. The van der Waals surface area contributed by atoms with Gasteiger partial charge in [0.05, 0.1) is 18.4 Å². The lowest BCUT2D eigenvalue weighted by Crippen LogP contribution is -2.30. The smallest absolute Gasteiger partial charge is 0.335 e. The highest BCUT2D eigenvalue weighted by Gasteiger charge is 2.18. The van der Waals surface area contributed by atoms with Crippen molar-refractivity contribution in [2.75, 3.05) is 6.54 Å². The number of carboxylic acids is 1. The van der Waals surface area contributed by atoms with Gasteiger partial charge in [0, 0.05) is 13.1 Å². The lowest BCUT2D eigenvalue weighted by atomic mass is 9.97. The summed E-state index contributed by atoms with van der Waals surface area (Å²) in [6.07, 6.45) is 2.63. The molecule has 0 saturated heterocycles. The van der Waals surface area contributed by atoms with Crippen molar-refractivity contribution in [2.45, 2.75) is 19.5 Å². The van der Waals surface area contributed by atoms with Gasteiger partial charge < -0.3 is 9.52 Å². The molecule has 1 N–H and O–H groups in total. The number of rotatable bonds is 3. The fourth-order valence-electron chi connectivity index (χ4n) is 2.51. The first-order chi connectivity index (χ1) is 9.22. The number of fused-ring (bicyclic) bond motifs is 1. The molecular weight excluding hydrogens is 242 g/mol. The van der Waals surface area contributed by atoms with Gasteiger partial charge in [-0.05, 0) is 41.8 Å². The molecule has 2 heterocycles. The highest BCUT2D eigenvalue weighted by molar-refractivity contribution is 5.87. The van der Waals surface area contributed by atoms with E-state index in [1.165, 1.54) is 5.56 Å². The Morgan fingerprint density at radius 1 is 1.32 bits per heavy atom. The molecule has 0 aliphatic carbocycles. The topological polar surface area (TPSA) is 53.7 Å². The zero-order valence-electron chi connectivity index (χ0n) is 10.5. The molecule has 1 aromatic heterocycles. The summed E-state index contributed by atoms with van der Waals surface area (Å²) in [7, 11) is 0. The number of hydrogen-bond donors (Lipinski definition) is 1. The van der Waals surface area contributed by atoms with Crippen molar-refractivity contribution in [3.63, 3.8) is 0 Å². The molecular formula is C15H15NO3. The van der Waals surface area contributed by atoms with Crippen LogP contribution in [0.1, 0.15) is 27.2 Å². The van der Waals surface area contributed by atoms with Crippen LogP contribution in [0.4, 0.5) is 0 Å². The molecule has 3 rings (SSSR count). The quantitative estimate of drug-likeness (QED) is 0.918. The minimum absolute atomic E-state index is 0.360. The van der Waals surface area contributed by atoms with Crippen LogP contribution in [-0.4, -0.2) is 22.5 Å². The van der Waals surface area contributed by atoms with E-state index < -0.39 is 5.97 Å². The molecule has 4 nitrogen and oxygen atoms in total. The third kappa shape index (κ3) is 2.53. The van der Waals surface area contributed by atoms with Crippen molar-refractivity contribution in [3.05, 3.63) is 59.0 Å². The molecule has 1 aliphatic rings. The van der Waals surface area contributed by atoms with E-state index in [1.807, 2.05) is 18.2 Å². The summed E-state index contributed by atoms with van der Waals surface area (Å²) >= 11 is 0. The molecule has 1 aliphatic heterocycles. The predicted octanol–water partition coefficient (Wildman–Crippen LogP) is 2.54. The van der Waals surface area contributed by atoms with Gasteiger partial charge in [-0.3, -0.25) is 4.90 Å². The van der Waals surface area contributed by atoms with E-state index in [2.05, 4.69) is 4.90 Å². The summed E-state index contributed by atoms with van der Waals surface area (Å²) in [5.41, 5.74) is 2.72. The Hall–Kier alpha value is -2.07. The third-order valence-electron chi connectivity index (χ3n) is 3.50. The maximum atomic E-state index is 11.0. The summed E-state index contributed by atoms with van der Waals surface area (Å²) in [6.45, 7) is 2.51. The molecule has 4 heteroatoms. The number of benzene rings is 1. The predicted molar refractivity (Wildman–Crippen MR) is 69.9 cm³/mol. The van der Waals surface area contributed by atoms with Crippen LogP contribution in [0, 0.1) is 0 Å². The normalized spacial score (nSPS) is 15.2. The lowest BCUT2D eigenvalue weighted by Gasteiger charge is -2.28. The molecule has 0 amide bonds. The zero-order chi connectivity index (χ0) is 13.2. The van der Waals surface area contributed by atoms with E-state index in [4.69, 9.17) is 9.52 Å². The van der Waals surface area contributed by atoms with Gasteiger partial charge >= 0.3 is 5.97 Å². The zero-order valence-corrected chi connectivity index (χ0v) is 10.5. The fourth-order valence-corrected chi connectivity index (χ4v) is 2.51. The van der Waals surface area contributed by atoms with Gasteiger partial charge in [0.1, 0.15) is 5.76 Å². The van der Waals surface area contributed by atoms with Gasteiger partial charge in [0.15, 0.2) is 0 Å². The second kappa shape index (κ2) is 4.90. The van der Waals surface area contributed by atoms with Crippen molar-refractivity contribution in [2.24, 2.45) is 0 Å². The number of hydrogen-bond acceptors (Lipinski definition) is 3. The molecule has 0 bridgehead atoms. The van der Waals surface area contributed by atoms with E-state index >= 15 is 0 Å². The molecule has 0 unspecified atom stereocenters. The molecule has 98 valence electrons. The SMILES string of the molecule is O=C(O)c1ccc2c(c1)CN(Cc1ccco1)CC2. The Labute approximate surface area is 111 Å². The molecule has 0 atom stereocenters. The minimum atomic E-state index is -0.869. The highest BCUT2D eigenvalue weighted by Crippen LogP contribution is 2.22. The van der Waals surface area contributed by atoms with Crippen LogP contribution in [0.2, 0.25) is 0 Å². The Kier molecular flexibility index (Phi) is 3.09. The minimum Gasteiger partial charge on any atom is -0.478 e. The first kappa shape index (κ1) is 12.0. The van der Waals surface area contributed by atoms with Crippen molar-refractivity contribution in [3.8, 4) is 0 Å². The molecule has 0 fully saturated rings. The van der Waals surface area contributed by atoms with E-state index in [1.54, 1.807) is 18.4 Å². The summed E-state index contributed by atoms with van der Waals surface area (Å²) < 4.78 is 5.35. The van der Waals surface area contributed by atoms with E-state index in [0.717, 1.165) is 37.4 Å². The number of aromatic carboxylic acids is 1. The Bertz CT molecular complexity index is 589. The highest BCUT2D eigenvalue weighted by atomic mass is 16.4. The van der Waals surface area contributed by atoms with Crippen LogP contribution in [0.3, 0.4) is 0 Å². The summed E-state index contributed by atoms with van der Waals surface area (Å²) in [5.74, 6) is 0.0730. The Morgan fingerprint density at radius 3 is 2.95 bits per heavy atom. The standard InChI is InChI=1S/C15H15NO3/c17-15(18)12-4-3-11-5-6-16(9-13(11)8-12)10-14-2-1-7-19-14/h1-4,7-8H,5-6,9-10H2,(H,17,18). The van der Waals surface area contributed by atoms with Gasteiger partial charge in [-0.2, -0.15) is 0 Å². The molecule has 0 spiro atoms. The van der Waals surface area contributed by atoms with Crippen LogP contribution in [0.15, 0.2) is 41.0 Å². The van der Waals surface area contributed by atoms with Gasteiger partial charge in [0.2, 0.25) is 0 Å². The third-order valence-corrected chi connectivity index (χ3v) is 3.50. The molecule has 1 aromatic carbocycles.